The molecule has 0 aromatic rings. The molecule has 2 aliphatic heterocycles. The first-order valence-corrected chi connectivity index (χ1v) is 6.38. The first-order valence-electron chi connectivity index (χ1n) is 6.38. The lowest BCUT2D eigenvalue weighted by atomic mass is 10.0. The lowest BCUT2D eigenvalue weighted by molar-refractivity contribution is -0.135. The van der Waals surface area contributed by atoms with Crippen molar-refractivity contribution in [2.24, 2.45) is 5.92 Å². The van der Waals surface area contributed by atoms with Crippen molar-refractivity contribution < 1.29 is 4.79 Å². The molecule has 0 aromatic heterocycles. The Bertz CT molecular complexity index is 260. The van der Waals surface area contributed by atoms with E-state index in [9.17, 15) is 4.79 Å². The van der Waals surface area contributed by atoms with Crippen molar-refractivity contribution in [1.82, 2.24) is 10.2 Å². The summed E-state index contributed by atoms with van der Waals surface area (Å²) in [6.45, 7) is 2.07. The van der Waals surface area contributed by atoms with Gasteiger partial charge in [-0.25, -0.2) is 0 Å². The minimum atomic E-state index is 0.137. The van der Waals surface area contributed by atoms with Gasteiger partial charge in [-0.3, -0.25) is 4.79 Å². The molecule has 84 valence electrons. The fraction of sp³-hybridized carbons (Fsp3) is 0.917. The molecule has 3 rings (SSSR count). The Hall–Kier alpha value is -0.570. The van der Waals surface area contributed by atoms with E-state index >= 15 is 0 Å². The van der Waals surface area contributed by atoms with Gasteiger partial charge in [0.25, 0.3) is 0 Å². The summed E-state index contributed by atoms with van der Waals surface area (Å²) in [7, 11) is 0. The number of piperidine rings is 2. The summed E-state index contributed by atoms with van der Waals surface area (Å²) in [5, 5.41) is 3.36. The van der Waals surface area contributed by atoms with E-state index in [4.69, 9.17) is 0 Å². The summed E-state index contributed by atoms with van der Waals surface area (Å²) in [5.41, 5.74) is 0. The molecule has 2 saturated heterocycles. The van der Waals surface area contributed by atoms with Crippen LogP contribution >= 0.6 is 0 Å². The van der Waals surface area contributed by atoms with E-state index < -0.39 is 0 Å². The van der Waals surface area contributed by atoms with E-state index in [0.717, 1.165) is 25.4 Å². The van der Waals surface area contributed by atoms with Gasteiger partial charge in [0.15, 0.2) is 0 Å². The predicted molar refractivity (Wildman–Crippen MR) is 58.5 cm³/mol. The first kappa shape index (κ1) is 9.64. The molecule has 3 heteroatoms. The summed E-state index contributed by atoms with van der Waals surface area (Å²) >= 11 is 0. The van der Waals surface area contributed by atoms with Crippen LogP contribution in [0.5, 0.6) is 0 Å². The number of nitrogens with one attached hydrogen (secondary N) is 1. The van der Waals surface area contributed by atoms with Crippen molar-refractivity contribution in [2.45, 2.75) is 50.6 Å². The van der Waals surface area contributed by atoms with Crippen molar-refractivity contribution in [3.8, 4) is 0 Å². The predicted octanol–water partition coefficient (Wildman–Crippen LogP) is 1.14. The topological polar surface area (TPSA) is 32.3 Å². The molecule has 1 saturated carbocycles. The summed E-state index contributed by atoms with van der Waals surface area (Å²) in [4.78, 5) is 14.4. The summed E-state index contributed by atoms with van der Waals surface area (Å²) in [6.07, 6.45) is 7.38. The van der Waals surface area contributed by atoms with Gasteiger partial charge in [0.05, 0.1) is 6.04 Å². The third-order valence-corrected chi connectivity index (χ3v) is 4.30. The minimum Gasteiger partial charge on any atom is -0.338 e. The van der Waals surface area contributed by atoms with Gasteiger partial charge in [-0.1, -0.05) is 6.42 Å². The van der Waals surface area contributed by atoms with E-state index in [2.05, 4.69) is 10.2 Å². The van der Waals surface area contributed by atoms with Crippen LogP contribution in [0.4, 0.5) is 0 Å². The largest absolute Gasteiger partial charge is 0.338 e. The molecule has 3 fully saturated rings. The molecular weight excluding hydrogens is 188 g/mol. The van der Waals surface area contributed by atoms with Gasteiger partial charge in [0.1, 0.15) is 0 Å². The summed E-state index contributed by atoms with van der Waals surface area (Å²) in [5.74, 6) is 1.21. The number of rotatable bonds is 1. The molecule has 0 spiro atoms. The van der Waals surface area contributed by atoms with Crippen LogP contribution in [0.25, 0.3) is 0 Å². The molecule has 2 bridgehead atoms. The van der Waals surface area contributed by atoms with Crippen LogP contribution < -0.4 is 5.32 Å². The van der Waals surface area contributed by atoms with Crippen molar-refractivity contribution in [1.29, 1.82) is 0 Å². The van der Waals surface area contributed by atoms with Crippen molar-refractivity contribution in [3.05, 3.63) is 0 Å². The van der Waals surface area contributed by atoms with Crippen LogP contribution in [-0.2, 0) is 4.79 Å². The fourth-order valence-electron chi connectivity index (χ4n) is 3.46. The minimum absolute atomic E-state index is 0.137. The van der Waals surface area contributed by atoms with Crippen LogP contribution in [0.3, 0.4) is 0 Å². The molecule has 0 radical (unpaired) electrons. The highest BCUT2D eigenvalue weighted by Crippen LogP contribution is 2.37. The first-order chi connectivity index (χ1) is 7.34. The van der Waals surface area contributed by atoms with Gasteiger partial charge in [0, 0.05) is 12.6 Å². The van der Waals surface area contributed by atoms with Gasteiger partial charge in [-0.2, -0.15) is 0 Å². The second-order valence-corrected chi connectivity index (χ2v) is 5.33. The number of carbonyl (C=O) groups is 1. The molecule has 0 aromatic carbocycles. The highest BCUT2D eigenvalue weighted by Gasteiger charge is 2.41. The zero-order chi connectivity index (χ0) is 10.3. The van der Waals surface area contributed by atoms with Gasteiger partial charge in [-0.15, -0.1) is 0 Å². The molecular formula is C12H20N2O. The van der Waals surface area contributed by atoms with Crippen molar-refractivity contribution in [3.63, 3.8) is 0 Å². The fourth-order valence-corrected chi connectivity index (χ4v) is 3.46. The Morgan fingerprint density at radius 3 is 2.73 bits per heavy atom. The average molecular weight is 208 g/mol. The quantitative estimate of drug-likeness (QED) is 0.701. The lowest BCUT2D eigenvalue weighted by Gasteiger charge is -2.32. The van der Waals surface area contributed by atoms with Crippen LogP contribution in [-0.4, -0.2) is 36.0 Å². The van der Waals surface area contributed by atoms with E-state index in [1.807, 2.05) is 0 Å². The van der Waals surface area contributed by atoms with Gasteiger partial charge >= 0.3 is 0 Å². The van der Waals surface area contributed by atoms with Crippen LogP contribution in [0.2, 0.25) is 0 Å². The Morgan fingerprint density at radius 2 is 2.13 bits per heavy atom. The van der Waals surface area contributed by atoms with E-state index in [1.54, 1.807) is 0 Å². The smallest absolute Gasteiger partial charge is 0.239 e. The maximum absolute atomic E-state index is 12.3. The van der Waals surface area contributed by atoms with Crippen LogP contribution in [0.15, 0.2) is 0 Å². The molecule has 1 N–H and O–H groups in total. The number of likely N-dealkylation sites (tertiary alicyclic amines) is 1. The monoisotopic (exact) mass is 208 g/mol. The number of hydrogen-bond acceptors (Lipinski definition) is 2. The second-order valence-electron chi connectivity index (χ2n) is 5.33. The normalized spacial score (nSPS) is 39.7. The molecule has 3 atom stereocenters. The molecule has 15 heavy (non-hydrogen) atoms. The van der Waals surface area contributed by atoms with Crippen molar-refractivity contribution in [2.75, 3.05) is 13.1 Å². The zero-order valence-corrected chi connectivity index (χ0v) is 9.24. The maximum Gasteiger partial charge on any atom is 0.239 e. The molecule has 3 aliphatic rings. The van der Waals surface area contributed by atoms with Crippen LogP contribution in [0.1, 0.15) is 38.5 Å². The Labute approximate surface area is 91.2 Å². The Kier molecular flexibility index (Phi) is 2.43. The van der Waals surface area contributed by atoms with E-state index in [1.165, 1.54) is 32.1 Å². The standard InChI is InChI=1S/C12H20N2O/c15-12(11-3-1-2-6-13-11)14-8-9-4-5-10(14)7-9/h9-11,13H,1-8H2/t9?,10?,11-/m0/s1. The SMILES string of the molecule is O=C([C@@H]1CCCCN1)N1CC2CCC1C2. The number of carbonyl (C=O) groups excluding carboxylic acids is 1. The third-order valence-electron chi connectivity index (χ3n) is 4.30. The van der Waals surface area contributed by atoms with E-state index in [0.29, 0.717) is 11.9 Å². The molecule has 1 aliphatic carbocycles. The van der Waals surface area contributed by atoms with Gasteiger partial charge in [-0.05, 0) is 44.6 Å². The van der Waals surface area contributed by atoms with Crippen molar-refractivity contribution >= 4 is 5.91 Å². The van der Waals surface area contributed by atoms with E-state index in [-0.39, 0.29) is 6.04 Å². The van der Waals surface area contributed by atoms with Gasteiger partial charge < -0.3 is 10.2 Å². The number of fused-ring (bicyclic) bond motifs is 2. The number of hydrogen-bond donors (Lipinski definition) is 1. The van der Waals surface area contributed by atoms with Gasteiger partial charge in [0.2, 0.25) is 5.91 Å². The molecule has 3 nitrogen and oxygen atoms in total. The molecule has 2 heterocycles. The summed E-state index contributed by atoms with van der Waals surface area (Å²) in [6, 6.07) is 0.726. The second kappa shape index (κ2) is 3.78. The third kappa shape index (κ3) is 1.67. The number of amides is 1. The Balaban J connectivity index is 1.64. The Morgan fingerprint density at radius 1 is 1.20 bits per heavy atom. The maximum atomic E-state index is 12.3. The average Bonchev–Trinajstić information content (AvgIpc) is 2.91. The highest BCUT2D eigenvalue weighted by molar-refractivity contribution is 5.82. The van der Waals surface area contributed by atoms with Crippen LogP contribution in [0, 0.1) is 5.92 Å². The number of nitrogens with zero attached hydrogens (tertiary/aromatic N) is 1. The molecule has 2 unspecified atom stereocenters. The lowest BCUT2D eigenvalue weighted by Crippen LogP contribution is -2.50. The highest BCUT2D eigenvalue weighted by atomic mass is 16.2. The molecule has 1 amide bonds. The zero-order valence-electron chi connectivity index (χ0n) is 9.24. The summed E-state index contributed by atoms with van der Waals surface area (Å²) < 4.78 is 0.